The average Bonchev–Trinajstić information content (AvgIpc) is 2.83. The highest BCUT2D eigenvalue weighted by Gasteiger charge is 2.22. The zero-order chi connectivity index (χ0) is 17.9. The average molecular weight is 347 g/mol. The third kappa shape index (κ3) is 3.76. The topological polar surface area (TPSA) is 92.3 Å². The summed E-state index contributed by atoms with van der Waals surface area (Å²) in [5.74, 6) is -0.0959. The van der Waals surface area contributed by atoms with Crippen LogP contribution in [-0.4, -0.2) is 18.3 Å². The maximum Gasteiger partial charge on any atom is 0.264 e. The monoisotopic (exact) mass is 346 g/mol. The van der Waals surface area contributed by atoms with Gasteiger partial charge in [-0.25, -0.2) is 0 Å². The molecule has 1 amide bonds. The molecule has 7 heteroatoms. The number of nitrogens with one attached hydrogen (secondary N) is 1. The number of benzene rings is 1. The Bertz CT molecular complexity index is 849. The number of furan rings is 1. The second-order valence-corrected chi connectivity index (χ2v) is 5.56. The van der Waals surface area contributed by atoms with Gasteiger partial charge in [0.1, 0.15) is 23.1 Å². The fourth-order valence-electron chi connectivity index (χ4n) is 2.18. The Morgan fingerprint density at radius 1 is 1.38 bits per heavy atom. The van der Waals surface area contributed by atoms with Crippen LogP contribution in [0.25, 0.3) is 0 Å². The maximum absolute atomic E-state index is 12.0. The van der Waals surface area contributed by atoms with Gasteiger partial charge in [-0.3, -0.25) is 14.9 Å². The summed E-state index contributed by atoms with van der Waals surface area (Å²) in [6, 6.07) is 6.90. The van der Waals surface area contributed by atoms with Crippen LogP contribution >= 0.6 is 11.6 Å². The second kappa shape index (κ2) is 7.20. The van der Waals surface area contributed by atoms with Crippen molar-refractivity contribution in [3.8, 4) is 11.8 Å². The van der Waals surface area contributed by atoms with Crippen molar-refractivity contribution in [3.05, 3.63) is 45.7 Å². The second-order valence-electron chi connectivity index (χ2n) is 5.15. The van der Waals surface area contributed by atoms with Gasteiger partial charge in [0, 0.05) is 5.02 Å². The van der Waals surface area contributed by atoms with Gasteiger partial charge in [-0.2, -0.15) is 5.26 Å². The Morgan fingerprint density at radius 2 is 2.08 bits per heavy atom. The molecular weight excluding hydrogens is 332 g/mol. The first-order valence-corrected chi connectivity index (χ1v) is 7.44. The molecule has 0 saturated carbocycles. The molecule has 6 nitrogen and oxygen atoms in total. The van der Waals surface area contributed by atoms with Crippen LogP contribution in [0.2, 0.25) is 5.02 Å². The van der Waals surface area contributed by atoms with Crippen LogP contribution in [0.4, 0.5) is 5.88 Å². The molecule has 0 radical (unpaired) electrons. The van der Waals surface area contributed by atoms with Crippen LogP contribution in [0.5, 0.6) is 5.75 Å². The molecule has 0 aliphatic rings. The van der Waals surface area contributed by atoms with Crippen LogP contribution < -0.4 is 10.1 Å². The molecule has 2 rings (SSSR count). The summed E-state index contributed by atoms with van der Waals surface area (Å²) in [5.41, 5.74) is 1.01. The van der Waals surface area contributed by atoms with Gasteiger partial charge >= 0.3 is 0 Å². The van der Waals surface area contributed by atoms with Crippen molar-refractivity contribution in [1.29, 1.82) is 5.26 Å². The number of amides is 1. The molecule has 24 heavy (non-hydrogen) atoms. The van der Waals surface area contributed by atoms with Gasteiger partial charge in [0.2, 0.25) is 5.88 Å². The molecular formula is C17H15ClN2O4. The minimum Gasteiger partial charge on any atom is -0.484 e. The van der Waals surface area contributed by atoms with Crippen LogP contribution in [0, 0.1) is 25.2 Å². The summed E-state index contributed by atoms with van der Waals surface area (Å²) in [6.45, 7) is 4.43. The van der Waals surface area contributed by atoms with E-state index >= 15 is 0 Å². The number of anilines is 1. The highest BCUT2D eigenvalue weighted by atomic mass is 35.5. The number of ketones is 1. The molecule has 0 bridgehead atoms. The third-order valence-corrected chi connectivity index (χ3v) is 3.72. The van der Waals surface area contributed by atoms with Gasteiger partial charge in [0.15, 0.2) is 12.4 Å². The predicted molar refractivity (Wildman–Crippen MR) is 88.5 cm³/mol. The molecule has 0 aliphatic heterocycles. The number of carbonyl (C=O) groups excluding carboxylic acids is 2. The molecule has 0 spiro atoms. The van der Waals surface area contributed by atoms with Crippen LogP contribution in [0.1, 0.15) is 34.2 Å². The number of Topliss-reactive ketones (excluding diaryl/α,β-unsaturated/α-hetero) is 1. The smallest absolute Gasteiger partial charge is 0.264 e. The SMILES string of the molecule is CC(=O)c1c(C)oc(NC(=O)COc2ccc(Cl)c(C)c2)c1C#N. The lowest BCUT2D eigenvalue weighted by molar-refractivity contribution is -0.118. The van der Waals surface area contributed by atoms with Crippen molar-refractivity contribution in [3.63, 3.8) is 0 Å². The number of aryl methyl sites for hydroxylation is 2. The summed E-state index contributed by atoms with van der Waals surface area (Å²) in [7, 11) is 0. The summed E-state index contributed by atoms with van der Waals surface area (Å²) in [4.78, 5) is 23.5. The van der Waals surface area contributed by atoms with E-state index in [0.29, 0.717) is 10.8 Å². The number of hydrogen-bond acceptors (Lipinski definition) is 5. The van der Waals surface area contributed by atoms with E-state index in [9.17, 15) is 14.9 Å². The number of carbonyl (C=O) groups is 2. The predicted octanol–water partition coefficient (Wildman–Crippen LogP) is 3.64. The molecule has 1 N–H and O–H groups in total. The Morgan fingerprint density at radius 3 is 2.67 bits per heavy atom. The van der Waals surface area contributed by atoms with E-state index in [4.69, 9.17) is 20.8 Å². The number of hydrogen-bond donors (Lipinski definition) is 1. The molecule has 1 aromatic heterocycles. The molecule has 0 fully saturated rings. The normalized spacial score (nSPS) is 10.1. The van der Waals surface area contributed by atoms with Crippen LogP contribution in [-0.2, 0) is 4.79 Å². The van der Waals surface area contributed by atoms with Gasteiger partial charge in [0.05, 0.1) is 5.56 Å². The summed E-state index contributed by atoms with van der Waals surface area (Å²) in [5, 5.41) is 12.2. The molecule has 0 unspecified atom stereocenters. The Balaban J connectivity index is 2.08. The van der Waals surface area contributed by atoms with Crippen LogP contribution in [0.3, 0.4) is 0 Å². The maximum atomic E-state index is 12.0. The van der Waals surface area contributed by atoms with E-state index in [2.05, 4.69) is 5.32 Å². The lowest BCUT2D eigenvalue weighted by Gasteiger charge is -2.07. The highest BCUT2D eigenvalue weighted by Crippen LogP contribution is 2.27. The summed E-state index contributed by atoms with van der Waals surface area (Å²) >= 11 is 5.92. The summed E-state index contributed by atoms with van der Waals surface area (Å²) < 4.78 is 10.7. The van der Waals surface area contributed by atoms with Crippen molar-refractivity contribution < 1.29 is 18.7 Å². The molecule has 1 aromatic carbocycles. The van der Waals surface area contributed by atoms with E-state index in [0.717, 1.165) is 5.56 Å². The van der Waals surface area contributed by atoms with E-state index in [1.165, 1.54) is 6.92 Å². The zero-order valence-corrected chi connectivity index (χ0v) is 14.2. The molecule has 1 heterocycles. The lowest BCUT2D eigenvalue weighted by atomic mass is 10.1. The number of nitrogens with zero attached hydrogens (tertiary/aromatic N) is 1. The molecule has 2 aromatic rings. The largest absolute Gasteiger partial charge is 0.484 e. The quantitative estimate of drug-likeness (QED) is 0.834. The van der Waals surface area contributed by atoms with Gasteiger partial charge < -0.3 is 9.15 Å². The van der Waals surface area contributed by atoms with Crippen LogP contribution in [0.15, 0.2) is 22.6 Å². The highest BCUT2D eigenvalue weighted by molar-refractivity contribution is 6.31. The molecule has 0 saturated heterocycles. The van der Waals surface area contributed by atoms with Gasteiger partial charge in [0.25, 0.3) is 5.91 Å². The standard InChI is InChI=1S/C17H15ClN2O4/c1-9-6-12(4-5-14(9)18)23-8-15(22)20-17-13(7-19)16(10(2)21)11(3)24-17/h4-6H,8H2,1-3H3,(H,20,22). The van der Waals surface area contributed by atoms with E-state index in [1.54, 1.807) is 25.1 Å². The first kappa shape index (κ1) is 17.6. The molecule has 0 atom stereocenters. The van der Waals surface area contributed by atoms with E-state index in [-0.39, 0.29) is 35.2 Å². The van der Waals surface area contributed by atoms with Gasteiger partial charge in [-0.05, 0) is 44.5 Å². The minimum absolute atomic E-state index is 0.00990. The number of ether oxygens (including phenoxy) is 1. The zero-order valence-electron chi connectivity index (χ0n) is 13.4. The Hall–Kier alpha value is -2.78. The number of rotatable bonds is 5. The van der Waals surface area contributed by atoms with Crippen molar-refractivity contribution in [2.45, 2.75) is 20.8 Å². The summed E-state index contributed by atoms with van der Waals surface area (Å²) in [6.07, 6.45) is 0. The lowest BCUT2D eigenvalue weighted by Crippen LogP contribution is -2.20. The van der Waals surface area contributed by atoms with Gasteiger partial charge in [-0.15, -0.1) is 0 Å². The molecule has 0 aliphatic carbocycles. The van der Waals surface area contributed by atoms with Crippen molar-refractivity contribution in [2.24, 2.45) is 0 Å². The number of nitriles is 1. The first-order valence-electron chi connectivity index (χ1n) is 7.06. The Labute approximate surface area is 144 Å². The minimum atomic E-state index is -0.511. The Kier molecular flexibility index (Phi) is 5.27. The van der Waals surface area contributed by atoms with E-state index < -0.39 is 5.91 Å². The van der Waals surface area contributed by atoms with Crippen molar-refractivity contribution in [1.82, 2.24) is 0 Å². The third-order valence-electron chi connectivity index (χ3n) is 3.30. The number of halogens is 1. The fraction of sp³-hybridized carbons (Fsp3) is 0.235. The van der Waals surface area contributed by atoms with Crippen molar-refractivity contribution in [2.75, 3.05) is 11.9 Å². The van der Waals surface area contributed by atoms with Crippen molar-refractivity contribution >= 4 is 29.2 Å². The molecule has 124 valence electrons. The fourth-order valence-corrected chi connectivity index (χ4v) is 2.30. The first-order chi connectivity index (χ1) is 11.3. The van der Waals surface area contributed by atoms with Gasteiger partial charge in [-0.1, -0.05) is 11.6 Å². The van der Waals surface area contributed by atoms with E-state index in [1.807, 2.05) is 13.0 Å².